The van der Waals surface area contributed by atoms with Crippen molar-refractivity contribution < 1.29 is 13.9 Å². The van der Waals surface area contributed by atoms with E-state index in [1.165, 1.54) is 6.07 Å². The molecule has 0 radical (unpaired) electrons. The number of hydrogen-bond donors (Lipinski definition) is 1. The molecule has 220 valence electrons. The third kappa shape index (κ3) is 6.98. The number of aliphatic imine (C=N–C) groups is 2. The lowest BCUT2D eigenvalue weighted by atomic mass is 9.96. The highest BCUT2D eigenvalue weighted by Gasteiger charge is 2.24. The third-order valence-electron chi connectivity index (χ3n) is 7.51. The molecule has 0 aliphatic carbocycles. The van der Waals surface area contributed by atoms with Gasteiger partial charge in [-0.3, -0.25) is 14.8 Å². The van der Waals surface area contributed by atoms with Gasteiger partial charge in [-0.25, -0.2) is 0 Å². The van der Waals surface area contributed by atoms with Crippen LogP contribution < -0.4 is 20.4 Å². The molecule has 0 spiro atoms. The summed E-state index contributed by atoms with van der Waals surface area (Å²) in [6, 6.07) is 15.3. The van der Waals surface area contributed by atoms with E-state index in [0.29, 0.717) is 44.4 Å². The molecule has 3 heterocycles. The number of nitrogens with one attached hydrogen (secondary N) is 1. The first-order valence-electron chi connectivity index (χ1n) is 14.3. The minimum atomic E-state index is -0.101. The first-order valence-corrected chi connectivity index (χ1v) is 14.3. The van der Waals surface area contributed by atoms with E-state index in [-0.39, 0.29) is 11.5 Å². The highest BCUT2D eigenvalue weighted by atomic mass is 16.5. The zero-order valence-corrected chi connectivity index (χ0v) is 24.9. The zero-order chi connectivity index (χ0) is 29.6. The summed E-state index contributed by atoms with van der Waals surface area (Å²) < 4.78 is 18.2. The number of para-hydroxylation sites is 1. The number of rotatable bonds is 10. The van der Waals surface area contributed by atoms with Crippen LogP contribution in [-0.2, 0) is 11.2 Å². The van der Waals surface area contributed by atoms with E-state index in [4.69, 9.17) is 13.9 Å². The summed E-state index contributed by atoms with van der Waals surface area (Å²) >= 11 is 0. The summed E-state index contributed by atoms with van der Waals surface area (Å²) in [5.41, 5.74) is 5.54. The van der Waals surface area contributed by atoms with Gasteiger partial charge in [-0.2, -0.15) is 0 Å². The molecule has 42 heavy (non-hydrogen) atoms. The monoisotopic (exact) mass is 569 g/mol. The van der Waals surface area contributed by atoms with Crippen LogP contribution in [0.3, 0.4) is 0 Å². The van der Waals surface area contributed by atoms with Gasteiger partial charge in [0.2, 0.25) is 0 Å². The summed E-state index contributed by atoms with van der Waals surface area (Å²) in [6.07, 6.45) is 3.34. The van der Waals surface area contributed by atoms with Crippen LogP contribution in [0.1, 0.15) is 31.4 Å². The molecule has 0 saturated carbocycles. The Labute approximate surface area is 247 Å². The molecular weight excluding hydrogens is 530 g/mol. The van der Waals surface area contributed by atoms with Crippen molar-refractivity contribution in [2.75, 3.05) is 57.2 Å². The van der Waals surface area contributed by atoms with Crippen LogP contribution in [-0.4, -0.2) is 70.3 Å². The molecule has 2 aliphatic rings. The topological polar surface area (TPSA) is 91.9 Å². The Kier molecular flexibility index (Phi) is 9.19. The fourth-order valence-electron chi connectivity index (χ4n) is 5.10. The number of allylic oxidation sites excluding steroid dienone is 1. The van der Waals surface area contributed by atoms with Crippen molar-refractivity contribution >= 4 is 24.0 Å². The molecule has 1 saturated heterocycles. The number of fused-ring (bicyclic) bond motifs is 2. The summed E-state index contributed by atoms with van der Waals surface area (Å²) in [4.78, 5) is 25.4. The maximum atomic E-state index is 12.7. The molecule has 1 fully saturated rings. The predicted octanol–water partition coefficient (Wildman–Crippen LogP) is 5.59. The predicted molar refractivity (Wildman–Crippen MR) is 170 cm³/mol. The highest BCUT2D eigenvalue weighted by molar-refractivity contribution is 5.90. The Morgan fingerprint density at radius 2 is 1.93 bits per heavy atom. The standard InChI is InChI=1S/C33H39N5O4/c1-22(34-3)21-35-23(2)29(11-12-37(4)5)36-26-9-10-30-25(18-26)17-24-7-6-8-28(33(24)42-30)31-19-27(39)20-32(41-31)38-13-15-40-16-14-38/h6-10,18-21,29,36H,3,11-17H2,1-2,4-5H3/b22-21-,35-23+. The van der Waals surface area contributed by atoms with Crippen molar-refractivity contribution in [3.05, 3.63) is 81.8 Å². The lowest BCUT2D eigenvalue weighted by Gasteiger charge is -2.28. The number of hydrogen-bond acceptors (Lipinski definition) is 9. The molecule has 5 rings (SSSR count). The molecule has 1 aromatic heterocycles. The van der Waals surface area contributed by atoms with Crippen molar-refractivity contribution in [2.45, 2.75) is 32.7 Å². The average molecular weight is 570 g/mol. The minimum Gasteiger partial charge on any atom is -0.456 e. The molecule has 1 N–H and O–H groups in total. The van der Waals surface area contributed by atoms with Gasteiger partial charge in [-0.05, 0) is 71.9 Å². The molecule has 2 aliphatic heterocycles. The van der Waals surface area contributed by atoms with Crippen molar-refractivity contribution in [2.24, 2.45) is 9.98 Å². The van der Waals surface area contributed by atoms with E-state index in [2.05, 4.69) is 53.1 Å². The molecule has 1 unspecified atom stereocenters. The van der Waals surface area contributed by atoms with Crippen LogP contribution in [0.25, 0.3) is 11.3 Å². The van der Waals surface area contributed by atoms with E-state index in [1.54, 1.807) is 12.3 Å². The van der Waals surface area contributed by atoms with Gasteiger partial charge in [0, 0.05) is 60.4 Å². The molecule has 3 aromatic rings. The molecule has 0 amide bonds. The Balaban J connectivity index is 1.40. The van der Waals surface area contributed by atoms with Gasteiger partial charge >= 0.3 is 0 Å². The maximum Gasteiger partial charge on any atom is 0.200 e. The molecule has 9 heteroatoms. The molecule has 1 atom stereocenters. The normalized spacial score (nSPS) is 16.0. The van der Waals surface area contributed by atoms with Crippen LogP contribution in [0.5, 0.6) is 11.5 Å². The minimum absolute atomic E-state index is 0.0457. The Morgan fingerprint density at radius 1 is 1.12 bits per heavy atom. The zero-order valence-electron chi connectivity index (χ0n) is 24.9. The Morgan fingerprint density at radius 3 is 2.69 bits per heavy atom. The smallest absolute Gasteiger partial charge is 0.200 e. The van der Waals surface area contributed by atoms with E-state index in [1.807, 2.05) is 43.0 Å². The van der Waals surface area contributed by atoms with Crippen molar-refractivity contribution in [1.29, 1.82) is 0 Å². The average Bonchev–Trinajstić information content (AvgIpc) is 3.00. The second-order valence-corrected chi connectivity index (χ2v) is 11.0. The van der Waals surface area contributed by atoms with Crippen LogP contribution >= 0.6 is 0 Å². The lowest BCUT2D eigenvalue weighted by molar-refractivity contribution is 0.120. The quantitative estimate of drug-likeness (QED) is 0.249. The number of nitrogens with zero attached hydrogens (tertiary/aromatic N) is 4. The third-order valence-corrected chi connectivity index (χ3v) is 7.51. The fraction of sp³-hybridized carbons (Fsp3) is 0.364. The second-order valence-electron chi connectivity index (χ2n) is 11.0. The lowest BCUT2D eigenvalue weighted by Crippen LogP contribution is -2.36. The SMILES string of the molecule is C=N/C(C)=C\N=C(/C)C(CCN(C)C)Nc1ccc2c(c1)Cc1cccc(-c3cc(=O)cc(N4CCOCC4)o3)c1O2. The summed E-state index contributed by atoms with van der Waals surface area (Å²) in [6.45, 7) is 11.0. The summed E-state index contributed by atoms with van der Waals surface area (Å²) in [7, 11) is 4.14. The van der Waals surface area contributed by atoms with E-state index in [0.717, 1.165) is 58.3 Å². The van der Waals surface area contributed by atoms with E-state index in [9.17, 15) is 4.79 Å². The Bertz CT molecular complexity index is 1550. The second kappa shape index (κ2) is 13.2. The molecule has 0 bridgehead atoms. The van der Waals surface area contributed by atoms with Gasteiger partial charge in [-0.15, -0.1) is 0 Å². The summed E-state index contributed by atoms with van der Waals surface area (Å²) in [5, 5.41) is 3.68. The molecular formula is C33H39N5O4. The van der Waals surface area contributed by atoms with Gasteiger partial charge in [-0.1, -0.05) is 12.1 Å². The van der Waals surface area contributed by atoms with E-state index >= 15 is 0 Å². The van der Waals surface area contributed by atoms with Crippen molar-refractivity contribution in [1.82, 2.24) is 4.90 Å². The van der Waals surface area contributed by atoms with Crippen LogP contribution in [0.15, 0.2) is 79.6 Å². The fourth-order valence-corrected chi connectivity index (χ4v) is 5.10. The first-order chi connectivity index (χ1) is 20.3. The number of benzene rings is 2. The van der Waals surface area contributed by atoms with Gasteiger partial charge in [0.15, 0.2) is 11.3 Å². The van der Waals surface area contributed by atoms with Gasteiger partial charge in [0.1, 0.15) is 17.3 Å². The van der Waals surface area contributed by atoms with Gasteiger partial charge in [0.05, 0.1) is 30.5 Å². The number of morpholine rings is 1. The van der Waals surface area contributed by atoms with Crippen molar-refractivity contribution in [3.63, 3.8) is 0 Å². The van der Waals surface area contributed by atoms with Crippen LogP contribution in [0.4, 0.5) is 11.6 Å². The first kappa shape index (κ1) is 29.3. The Hall–Kier alpha value is -4.21. The van der Waals surface area contributed by atoms with Gasteiger partial charge in [0.25, 0.3) is 0 Å². The van der Waals surface area contributed by atoms with Crippen LogP contribution in [0.2, 0.25) is 0 Å². The number of anilines is 2. The molecule has 9 nitrogen and oxygen atoms in total. The van der Waals surface area contributed by atoms with Crippen molar-refractivity contribution in [3.8, 4) is 22.8 Å². The highest BCUT2D eigenvalue weighted by Crippen LogP contribution is 2.43. The van der Waals surface area contributed by atoms with E-state index < -0.39 is 0 Å². The molecule has 2 aromatic carbocycles. The summed E-state index contributed by atoms with van der Waals surface area (Å²) in [5.74, 6) is 2.56. The van der Waals surface area contributed by atoms with Crippen LogP contribution in [0, 0.1) is 0 Å². The maximum absolute atomic E-state index is 12.7. The largest absolute Gasteiger partial charge is 0.456 e. The van der Waals surface area contributed by atoms with Gasteiger partial charge < -0.3 is 29.0 Å². The number of ether oxygens (including phenoxy) is 2.